The topological polar surface area (TPSA) is 80.3 Å². The van der Waals surface area contributed by atoms with E-state index in [0.717, 1.165) is 23.2 Å². The molecule has 0 saturated carbocycles. The number of methoxy groups -OCH3 is 1. The number of carbonyl (C=O) groups is 2. The molecule has 40 heavy (non-hydrogen) atoms. The van der Waals surface area contributed by atoms with Crippen LogP contribution in [0.25, 0.3) is 0 Å². The summed E-state index contributed by atoms with van der Waals surface area (Å²) >= 11 is 0. The second-order valence-electron chi connectivity index (χ2n) is 10.7. The van der Waals surface area contributed by atoms with Crippen molar-refractivity contribution in [2.45, 2.75) is 44.6 Å². The number of hydrogen-bond donors (Lipinski definition) is 1. The first-order chi connectivity index (χ1) is 19.4. The Morgan fingerprint density at radius 1 is 1.05 bits per heavy atom. The lowest BCUT2D eigenvalue weighted by atomic mass is 9.99. The van der Waals surface area contributed by atoms with E-state index in [1.807, 2.05) is 85.7 Å². The lowest BCUT2D eigenvalue weighted by Crippen LogP contribution is -2.57. The van der Waals surface area contributed by atoms with Crippen LogP contribution in [0.2, 0.25) is 0 Å². The standard InChI is InChI=1S/C32H37N3O5/c1-34(2)19-23-6-4-8-25(16-23)32(37)35-15-14-28-27(20-35)33-31(36)13-11-22-10-12-29(38-3)30(18-22)40-26-9-5-7-24(17-26)21-39-28/h4-10,12,16-18,27-28H,11,13-15,19-21H2,1-3H3,(H,33,36)/t27-,28+/m0/s1. The maximum atomic E-state index is 13.5. The predicted molar refractivity (Wildman–Crippen MR) is 153 cm³/mol. The molecule has 0 aliphatic carbocycles. The molecule has 0 unspecified atom stereocenters. The van der Waals surface area contributed by atoms with E-state index in [2.05, 4.69) is 10.2 Å². The third-order valence-electron chi connectivity index (χ3n) is 7.31. The van der Waals surface area contributed by atoms with Crippen molar-refractivity contribution in [3.63, 3.8) is 0 Å². The number of ether oxygens (including phenoxy) is 3. The summed E-state index contributed by atoms with van der Waals surface area (Å²) < 4.78 is 18.0. The van der Waals surface area contributed by atoms with Crippen LogP contribution >= 0.6 is 0 Å². The molecule has 3 aromatic rings. The number of hydrogen-bond acceptors (Lipinski definition) is 6. The second-order valence-corrected chi connectivity index (χ2v) is 10.7. The van der Waals surface area contributed by atoms with Gasteiger partial charge in [0, 0.05) is 31.6 Å². The largest absolute Gasteiger partial charge is 0.493 e. The number of piperidine rings is 1. The summed E-state index contributed by atoms with van der Waals surface area (Å²) in [5.41, 5.74) is 3.69. The van der Waals surface area contributed by atoms with E-state index in [9.17, 15) is 9.59 Å². The summed E-state index contributed by atoms with van der Waals surface area (Å²) in [6.45, 7) is 2.08. The van der Waals surface area contributed by atoms with Crippen LogP contribution in [0.3, 0.4) is 0 Å². The molecule has 2 amide bonds. The third-order valence-corrected chi connectivity index (χ3v) is 7.31. The highest BCUT2D eigenvalue weighted by Crippen LogP contribution is 2.33. The van der Waals surface area contributed by atoms with Gasteiger partial charge in [-0.05, 0) is 80.0 Å². The Morgan fingerprint density at radius 3 is 2.73 bits per heavy atom. The first kappa shape index (κ1) is 27.7. The number of amides is 2. The summed E-state index contributed by atoms with van der Waals surface area (Å²) in [4.78, 5) is 30.5. The van der Waals surface area contributed by atoms with Crippen molar-refractivity contribution in [2.75, 3.05) is 34.3 Å². The fourth-order valence-electron chi connectivity index (χ4n) is 5.33. The molecular weight excluding hydrogens is 506 g/mol. The minimum Gasteiger partial charge on any atom is -0.493 e. The zero-order chi connectivity index (χ0) is 28.1. The molecule has 8 nitrogen and oxygen atoms in total. The van der Waals surface area contributed by atoms with E-state index < -0.39 is 0 Å². The highest BCUT2D eigenvalue weighted by atomic mass is 16.5. The number of aryl methyl sites for hydroxylation is 1. The quantitative estimate of drug-likeness (QED) is 0.525. The van der Waals surface area contributed by atoms with Gasteiger partial charge in [0.05, 0.1) is 25.9 Å². The highest BCUT2D eigenvalue weighted by Gasteiger charge is 2.33. The van der Waals surface area contributed by atoms with Gasteiger partial charge in [-0.15, -0.1) is 0 Å². The smallest absolute Gasteiger partial charge is 0.253 e. The Morgan fingerprint density at radius 2 is 1.90 bits per heavy atom. The van der Waals surface area contributed by atoms with Gasteiger partial charge in [-0.25, -0.2) is 0 Å². The minimum absolute atomic E-state index is 0.0280. The third kappa shape index (κ3) is 6.81. The molecule has 2 aliphatic rings. The lowest BCUT2D eigenvalue weighted by Gasteiger charge is -2.39. The molecule has 1 fully saturated rings. The summed E-state index contributed by atoms with van der Waals surface area (Å²) in [7, 11) is 5.63. The number of carbonyl (C=O) groups excluding carboxylic acids is 2. The average Bonchev–Trinajstić information content (AvgIpc) is 2.95. The first-order valence-corrected chi connectivity index (χ1v) is 13.8. The molecule has 0 radical (unpaired) electrons. The van der Waals surface area contributed by atoms with Gasteiger partial charge in [-0.1, -0.05) is 30.3 Å². The number of nitrogens with zero attached hydrogens (tertiary/aromatic N) is 2. The molecule has 5 rings (SSSR count). The molecule has 2 aliphatic heterocycles. The summed E-state index contributed by atoms with van der Waals surface area (Å²) in [6.07, 6.45) is 1.26. The molecule has 2 heterocycles. The molecule has 1 saturated heterocycles. The van der Waals surface area contributed by atoms with E-state index in [1.165, 1.54) is 0 Å². The van der Waals surface area contributed by atoms with E-state index in [1.54, 1.807) is 7.11 Å². The van der Waals surface area contributed by atoms with E-state index in [4.69, 9.17) is 14.2 Å². The van der Waals surface area contributed by atoms with Crippen molar-refractivity contribution in [2.24, 2.45) is 0 Å². The normalized spacial score (nSPS) is 19.5. The van der Waals surface area contributed by atoms with Crippen LogP contribution < -0.4 is 14.8 Å². The van der Waals surface area contributed by atoms with Gasteiger partial charge in [0.25, 0.3) is 5.91 Å². The molecule has 210 valence electrons. The van der Waals surface area contributed by atoms with Crippen molar-refractivity contribution >= 4 is 11.8 Å². The van der Waals surface area contributed by atoms with E-state index in [0.29, 0.717) is 61.8 Å². The maximum absolute atomic E-state index is 13.5. The van der Waals surface area contributed by atoms with Crippen LogP contribution in [-0.4, -0.2) is 68.1 Å². The number of rotatable bonds is 4. The molecule has 0 aromatic heterocycles. The first-order valence-electron chi connectivity index (χ1n) is 13.8. The number of benzene rings is 3. The van der Waals surface area contributed by atoms with Crippen molar-refractivity contribution in [3.8, 4) is 17.2 Å². The van der Waals surface area contributed by atoms with Crippen molar-refractivity contribution in [1.82, 2.24) is 15.1 Å². The fourth-order valence-corrected chi connectivity index (χ4v) is 5.33. The van der Waals surface area contributed by atoms with Crippen LogP contribution in [0.15, 0.2) is 66.7 Å². The molecular formula is C32H37N3O5. The number of likely N-dealkylation sites (tertiary alicyclic amines) is 1. The maximum Gasteiger partial charge on any atom is 0.253 e. The van der Waals surface area contributed by atoms with Crippen LogP contribution in [0.4, 0.5) is 0 Å². The predicted octanol–water partition coefficient (Wildman–Crippen LogP) is 4.41. The van der Waals surface area contributed by atoms with Gasteiger partial charge in [0.1, 0.15) is 5.75 Å². The second kappa shape index (κ2) is 12.5. The van der Waals surface area contributed by atoms with Gasteiger partial charge in [0.2, 0.25) is 5.91 Å². The molecule has 3 aromatic carbocycles. The Bertz CT molecular complexity index is 1360. The Kier molecular flexibility index (Phi) is 8.67. The van der Waals surface area contributed by atoms with Gasteiger partial charge < -0.3 is 29.3 Å². The molecule has 0 spiro atoms. The van der Waals surface area contributed by atoms with Crippen molar-refractivity contribution in [3.05, 3.63) is 89.0 Å². The lowest BCUT2D eigenvalue weighted by molar-refractivity contribution is -0.124. The Balaban J connectivity index is 1.36. The zero-order valence-electron chi connectivity index (χ0n) is 23.4. The van der Waals surface area contributed by atoms with Crippen LogP contribution in [0.5, 0.6) is 17.2 Å². The molecule has 2 atom stereocenters. The van der Waals surface area contributed by atoms with Gasteiger partial charge in [-0.2, -0.15) is 0 Å². The van der Waals surface area contributed by atoms with Gasteiger partial charge in [-0.3, -0.25) is 9.59 Å². The van der Waals surface area contributed by atoms with Crippen LogP contribution in [0, 0.1) is 0 Å². The number of nitrogens with one attached hydrogen (secondary N) is 1. The Hall–Kier alpha value is -3.88. The zero-order valence-corrected chi connectivity index (χ0v) is 23.4. The SMILES string of the molecule is COc1ccc2cc1Oc1cccc(c1)CO[C@@H]1CCN(C(=O)c3cccc(CN(C)C)c3)C[C@@H]1NC(=O)CC2. The highest BCUT2D eigenvalue weighted by molar-refractivity contribution is 5.94. The molecule has 8 heteroatoms. The van der Waals surface area contributed by atoms with Crippen LogP contribution in [0.1, 0.15) is 39.9 Å². The Labute approximate surface area is 235 Å². The average molecular weight is 544 g/mol. The van der Waals surface area contributed by atoms with E-state index in [-0.39, 0.29) is 24.0 Å². The summed E-state index contributed by atoms with van der Waals surface area (Å²) in [6, 6.07) is 21.0. The van der Waals surface area contributed by atoms with Crippen molar-refractivity contribution < 1.29 is 23.8 Å². The molecule has 1 N–H and O–H groups in total. The summed E-state index contributed by atoms with van der Waals surface area (Å²) in [5, 5.41) is 3.18. The van der Waals surface area contributed by atoms with Gasteiger partial charge in [0.15, 0.2) is 11.5 Å². The van der Waals surface area contributed by atoms with Crippen LogP contribution in [-0.2, 0) is 29.1 Å². The van der Waals surface area contributed by atoms with E-state index >= 15 is 0 Å². The minimum atomic E-state index is -0.314. The van der Waals surface area contributed by atoms with Crippen molar-refractivity contribution in [1.29, 1.82) is 0 Å². The molecule has 4 bridgehead atoms. The van der Waals surface area contributed by atoms with Gasteiger partial charge >= 0.3 is 0 Å². The monoisotopic (exact) mass is 543 g/mol. The fraction of sp³-hybridized carbons (Fsp3) is 0.375. The summed E-state index contributed by atoms with van der Waals surface area (Å²) in [5.74, 6) is 1.82. The number of fused-ring (bicyclic) bond motifs is 5.